The van der Waals surface area contributed by atoms with Crippen molar-refractivity contribution >= 4 is 17.7 Å². The number of hydrogen-bond acceptors (Lipinski definition) is 4. The van der Waals surface area contributed by atoms with Crippen molar-refractivity contribution in [2.45, 2.75) is 12.2 Å². The SMILES string of the molecule is COc1cccc(CC(=O)NCCSCc2ccco2)c1. The Morgan fingerprint density at radius 2 is 2.24 bits per heavy atom. The molecule has 0 aliphatic heterocycles. The van der Waals surface area contributed by atoms with Gasteiger partial charge in [0.05, 0.1) is 25.5 Å². The molecule has 1 heterocycles. The fraction of sp³-hybridized carbons (Fsp3) is 0.312. The lowest BCUT2D eigenvalue weighted by atomic mass is 10.1. The molecule has 0 atom stereocenters. The number of benzene rings is 1. The molecule has 1 amide bonds. The summed E-state index contributed by atoms with van der Waals surface area (Å²) in [6.45, 7) is 0.661. The smallest absolute Gasteiger partial charge is 0.224 e. The Hall–Kier alpha value is -1.88. The first-order valence-corrected chi connectivity index (χ1v) is 7.93. The van der Waals surface area contributed by atoms with E-state index in [2.05, 4.69) is 5.32 Å². The summed E-state index contributed by atoms with van der Waals surface area (Å²) in [5.74, 6) is 3.46. The number of hydrogen-bond donors (Lipinski definition) is 1. The molecule has 1 N–H and O–H groups in total. The molecule has 1 aromatic heterocycles. The lowest BCUT2D eigenvalue weighted by molar-refractivity contribution is -0.120. The van der Waals surface area contributed by atoms with Gasteiger partial charge < -0.3 is 14.5 Å². The molecule has 0 saturated carbocycles. The van der Waals surface area contributed by atoms with Crippen molar-refractivity contribution in [3.8, 4) is 5.75 Å². The van der Waals surface area contributed by atoms with Crippen molar-refractivity contribution in [3.63, 3.8) is 0 Å². The van der Waals surface area contributed by atoms with Crippen molar-refractivity contribution in [1.29, 1.82) is 0 Å². The normalized spacial score (nSPS) is 10.3. The van der Waals surface area contributed by atoms with Gasteiger partial charge in [0.25, 0.3) is 0 Å². The van der Waals surface area contributed by atoms with Gasteiger partial charge in [0.15, 0.2) is 0 Å². The van der Waals surface area contributed by atoms with Gasteiger partial charge in [-0.3, -0.25) is 4.79 Å². The van der Waals surface area contributed by atoms with Gasteiger partial charge in [0, 0.05) is 12.3 Å². The summed E-state index contributed by atoms with van der Waals surface area (Å²) < 4.78 is 10.4. The third-order valence-corrected chi connectivity index (χ3v) is 3.87. The van der Waals surface area contributed by atoms with E-state index < -0.39 is 0 Å². The zero-order valence-electron chi connectivity index (χ0n) is 12.0. The zero-order chi connectivity index (χ0) is 14.9. The second-order valence-corrected chi connectivity index (χ2v) is 5.62. The van der Waals surface area contributed by atoms with Crippen molar-refractivity contribution in [2.75, 3.05) is 19.4 Å². The molecule has 21 heavy (non-hydrogen) atoms. The van der Waals surface area contributed by atoms with E-state index in [4.69, 9.17) is 9.15 Å². The Balaban J connectivity index is 1.63. The van der Waals surface area contributed by atoms with Crippen LogP contribution in [0.1, 0.15) is 11.3 Å². The molecule has 0 spiro atoms. The van der Waals surface area contributed by atoms with Crippen LogP contribution < -0.4 is 10.1 Å². The maximum absolute atomic E-state index is 11.8. The highest BCUT2D eigenvalue weighted by Crippen LogP contribution is 2.13. The van der Waals surface area contributed by atoms with E-state index >= 15 is 0 Å². The molecular formula is C16H19NO3S. The number of carbonyl (C=O) groups excluding carboxylic acids is 1. The Morgan fingerprint density at radius 3 is 3.00 bits per heavy atom. The fourth-order valence-electron chi connectivity index (χ4n) is 1.86. The molecule has 4 nitrogen and oxygen atoms in total. The van der Waals surface area contributed by atoms with E-state index in [1.54, 1.807) is 25.1 Å². The van der Waals surface area contributed by atoms with Gasteiger partial charge in [0.2, 0.25) is 5.91 Å². The maximum Gasteiger partial charge on any atom is 0.224 e. The van der Waals surface area contributed by atoms with Gasteiger partial charge in [-0.25, -0.2) is 0 Å². The van der Waals surface area contributed by atoms with Gasteiger partial charge in [-0.15, -0.1) is 0 Å². The first-order valence-electron chi connectivity index (χ1n) is 6.77. The molecule has 2 aromatic rings. The van der Waals surface area contributed by atoms with E-state index in [-0.39, 0.29) is 5.91 Å². The predicted octanol–water partition coefficient (Wildman–Crippen LogP) is 2.88. The van der Waals surface area contributed by atoms with Crippen LogP contribution in [-0.4, -0.2) is 25.3 Å². The summed E-state index contributed by atoms with van der Waals surface area (Å²) in [6, 6.07) is 11.4. The lowest BCUT2D eigenvalue weighted by Crippen LogP contribution is -2.27. The molecule has 0 saturated heterocycles. The minimum absolute atomic E-state index is 0.0295. The molecule has 0 fully saturated rings. The van der Waals surface area contributed by atoms with Crippen molar-refractivity contribution in [3.05, 3.63) is 54.0 Å². The van der Waals surface area contributed by atoms with E-state index in [0.29, 0.717) is 13.0 Å². The highest BCUT2D eigenvalue weighted by Gasteiger charge is 2.04. The summed E-state index contributed by atoms with van der Waals surface area (Å²) >= 11 is 1.74. The van der Waals surface area contributed by atoms with Gasteiger partial charge in [-0.05, 0) is 29.8 Å². The summed E-state index contributed by atoms with van der Waals surface area (Å²) in [7, 11) is 1.62. The van der Waals surface area contributed by atoms with Crippen LogP contribution in [0.5, 0.6) is 5.75 Å². The topological polar surface area (TPSA) is 51.5 Å². The minimum atomic E-state index is 0.0295. The van der Waals surface area contributed by atoms with Crippen molar-refractivity contribution in [2.24, 2.45) is 0 Å². The van der Waals surface area contributed by atoms with Crippen LogP contribution in [0.2, 0.25) is 0 Å². The second-order valence-electron chi connectivity index (χ2n) is 4.51. The number of thioether (sulfide) groups is 1. The maximum atomic E-state index is 11.8. The van der Waals surface area contributed by atoms with E-state index in [9.17, 15) is 4.79 Å². The first-order chi connectivity index (χ1) is 10.3. The number of methoxy groups -OCH3 is 1. The Labute approximate surface area is 128 Å². The molecule has 2 rings (SSSR count). The third-order valence-electron chi connectivity index (χ3n) is 2.89. The number of rotatable bonds is 8. The lowest BCUT2D eigenvalue weighted by Gasteiger charge is -2.06. The predicted molar refractivity (Wildman–Crippen MR) is 84.6 cm³/mol. The van der Waals surface area contributed by atoms with Gasteiger partial charge in [-0.2, -0.15) is 11.8 Å². The average Bonchev–Trinajstić information content (AvgIpc) is 3.00. The van der Waals surface area contributed by atoms with E-state index in [0.717, 1.165) is 28.6 Å². The highest BCUT2D eigenvalue weighted by molar-refractivity contribution is 7.98. The van der Waals surface area contributed by atoms with Crippen LogP contribution in [0.4, 0.5) is 0 Å². The number of carbonyl (C=O) groups is 1. The van der Waals surface area contributed by atoms with Crippen molar-refractivity contribution in [1.82, 2.24) is 5.32 Å². The van der Waals surface area contributed by atoms with Crippen LogP contribution in [0, 0.1) is 0 Å². The standard InChI is InChI=1S/C16H19NO3S/c1-19-14-5-2-4-13(10-14)11-16(18)17-7-9-21-12-15-6-3-8-20-15/h2-6,8,10H,7,9,11-12H2,1H3,(H,17,18). The minimum Gasteiger partial charge on any atom is -0.497 e. The Bertz CT molecular complexity index is 554. The molecule has 0 radical (unpaired) electrons. The fourth-order valence-corrected chi connectivity index (χ4v) is 2.62. The molecule has 0 aliphatic carbocycles. The van der Waals surface area contributed by atoms with E-state index in [1.165, 1.54) is 0 Å². The number of nitrogens with one attached hydrogen (secondary N) is 1. The molecule has 0 aliphatic rings. The van der Waals surface area contributed by atoms with Gasteiger partial charge in [-0.1, -0.05) is 12.1 Å². The van der Waals surface area contributed by atoms with Crippen LogP contribution in [0.3, 0.4) is 0 Å². The summed E-state index contributed by atoms with van der Waals surface area (Å²) in [5.41, 5.74) is 0.954. The molecule has 0 bridgehead atoms. The van der Waals surface area contributed by atoms with E-state index in [1.807, 2.05) is 36.4 Å². The monoisotopic (exact) mass is 305 g/mol. The van der Waals surface area contributed by atoms with Crippen molar-refractivity contribution < 1.29 is 13.9 Å². The first kappa shape index (κ1) is 15.5. The molecule has 5 heteroatoms. The molecule has 112 valence electrons. The second kappa shape index (κ2) is 8.42. The highest BCUT2D eigenvalue weighted by atomic mass is 32.2. The molecule has 0 unspecified atom stereocenters. The number of ether oxygens (including phenoxy) is 1. The summed E-state index contributed by atoms with van der Waals surface area (Å²) in [5, 5.41) is 2.92. The largest absolute Gasteiger partial charge is 0.497 e. The molecular weight excluding hydrogens is 286 g/mol. The van der Waals surface area contributed by atoms with Gasteiger partial charge >= 0.3 is 0 Å². The van der Waals surface area contributed by atoms with Crippen LogP contribution >= 0.6 is 11.8 Å². The zero-order valence-corrected chi connectivity index (χ0v) is 12.8. The van der Waals surface area contributed by atoms with Crippen LogP contribution in [0.15, 0.2) is 47.1 Å². The number of furan rings is 1. The number of amides is 1. The average molecular weight is 305 g/mol. The summed E-state index contributed by atoms with van der Waals surface area (Å²) in [4.78, 5) is 11.8. The Kier molecular flexibility index (Phi) is 6.22. The Morgan fingerprint density at radius 1 is 1.33 bits per heavy atom. The summed E-state index contributed by atoms with van der Waals surface area (Å²) in [6.07, 6.45) is 2.05. The quantitative estimate of drug-likeness (QED) is 0.762. The van der Waals surface area contributed by atoms with Gasteiger partial charge in [0.1, 0.15) is 11.5 Å². The third kappa shape index (κ3) is 5.55. The van der Waals surface area contributed by atoms with Crippen LogP contribution in [-0.2, 0) is 17.0 Å². The van der Waals surface area contributed by atoms with Crippen LogP contribution in [0.25, 0.3) is 0 Å². The molecule has 1 aromatic carbocycles.